The molecule has 0 spiro atoms. The minimum atomic E-state index is -0.847. The Morgan fingerprint density at radius 1 is 1.23 bits per heavy atom. The molecule has 154 valence electrons. The quantitative estimate of drug-likeness (QED) is 0.658. The van der Waals surface area contributed by atoms with E-state index in [0.29, 0.717) is 25.1 Å². The number of ether oxygens (including phenoxy) is 1. The van der Waals surface area contributed by atoms with Crippen LogP contribution in [0.5, 0.6) is 0 Å². The first-order valence-corrected chi connectivity index (χ1v) is 9.67. The van der Waals surface area contributed by atoms with Gasteiger partial charge in [-0.25, -0.2) is 14.2 Å². The van der Waals surface area contributed by atoms with E-state index in [1.54, 1.807) is 0 Å². The Morgan fingerprint density at radius 3 is 2.67 bits per heavy atom. The average Bonchev–Trinajstić information content (AvgIpc) is 3.25. The Bertz CT molecular complexity index is 1200. The molecule has 1 aromatic carbocycles. The molecule has 0 N–H and O–H groups in total. The lowest BCUT2D eigenvalue weighted by atomic mass is 9.94. The molecular formula is C21H20N4O5. The number of carbonyl (C=O) groups excluding carboxylic acids is 2. The van der Waals surface area contributed by atoms with Gasteiger partial charge in [0.05, 0.1) is 7.11 Å². The van der Waals surface area contributed by atoms with Gasteiger partial charge in [-0.1, -0.05) is 24.3 Å². The number of aromatic nitrogens is 2. The van der Waals surface area contributed by atoms with Crippen molar-refractivity contribution in [2.24, 2.45) is 0 Å². The number of methoxy groups -OCH3 is 1. The smallest absolute Gasteiger partial charge is 0.331 e. The number of hydrogen-bond acceptors (Lipinski definition) is 6. The van der Waals surface area contributed by atoms with Gasteiger partial charge in [0.2, 0.25) is 5.91 Å². The molecule has 0 saturated carbocycles. The summed E-state index contributed by atoms with van der Waals surface area (Å²) in [6, 6.07) is 8.49. The normalized spacial score (nSPS) is 17.1. The number of fused-ring (bicyclic) bond motifs is 2. The number of amides is 1. The Labute approximate surface area is 171 Å². The topological polar surface area (TPSA) is 114 Å². The first-order valence-electron chi connectivity index (χ1n) is 9.67. The zero-order valence-corrected chi connectivity index (χ0v) is 16.5. The van der Waals surface area contributed by atoms with Crippen molar-refractivity contribution in [3.8, 4) is 6.07 Å². The van der Waals surface area contributed by atoms with Crippen LogP contribution in [-0.4, -0.2) is 39.1 Å². The van der Waals surface area contributed by atoms with Crippen molar-refractivity contribution in [2.45, 2.75) is 44.9 Å². The molecule has 1 aromatic heterocycles. The molecule has 0 radical (unpaired) electrons. The van der Waals surface area contributed by atoms with E-state index in [4.69, 9.17) is 4.74 Å². The largest absolute Gasteiger partial charge is 0.467 e. The van der Waals surface area contributed by atoms with Crippen LogP contribution in [0.2, 0.25) is 0 Å². The minimum Gasteiger partial charge on any atom is -0.467 e. The second-order valence-corrected chi connectivity index (χ2v) is 7.40. The molecule has 2 aliphatic rings. The van der Waals surface area contributed by atoms with Crippen LogP contribution in [0.15, 0.2) is 33.9 Å². The standard InChI is InChI=1S/C21H20N4O5/c1-30-20(28)17-9-13-5-2-3-6-14(13)11-24(17)18(26)12-25-19(27)15(10-22)16-7-4-8-23(16)21(25)29/h2-3,5-6,17H,4,7-9,11-12H2,1H3/t17-/m1/s1. The summed E-state index contributed by atoms with van der Waals surface area (Å²) in [6.45, 7) is 0.0301. The first-order chi connectivity index (χ1) is 14.5. The van der Waals surface area contributed by atoms with Crippen LogP contribution in [0.4, 0.5) is 0 Å². The van der Waals surface area contributed by atoms with Crippen molar-refractivity contribution >= 4 is 11.9 Å². The monoisotopic (exact) mass is 408 g/mol. The Morgan fingerprint density at radius 2 is 1.97 bits per heavy atom. The van der Waals surface area contributed by atoms with Crippen LogP contribution in [0.1, 0.15) is 28.8 Å². The van der Waals surface area contributed by atoms with Crippen molar-refractivity contribution in [2.75, 3.05) is 7.11 Å². The number of hydrogen-bond donors (Lipinski definition) is 0. The van der Waals surface area contributed by atoms with Gasteiger partial charge < -0.3 is 9.64 Å². The van der Waals surface area contributed by atoms with Gasteiger partial charge in [0, 0.05) is 25.2 Å². The zero-order valence-electron chi connectivity index (χ0n) is 16.5. The van der Waals surface area contributed by atoms with Gasteiger partial charge in [0.25, 0.3) is 5.56 Å². The average molecular weight is 408 g/mol. The molecule has 2 aliphatic heterocycles. The summed E-state index contributed by atoms with van der Waals surface area (Å²) < 4.78 is 7.05. The van der Waals surface area contributed by atoms with E-state index in [1.165, 1.54) is 16.6 Å². The molecule has 4 rings (SSSR count). The Balaban J connectivity index is 1.72. The lowest BCUT2D eigenvalue weighted by Gasteiger charge is -2.35. The SMILES string of the molecule is COC(=O)[C@H]1Cc2ccccc2CN1C(=O)Cn1c(=O)c(C#N)c2n(c1=O)CCC2. The van der Waals surface area contributed by atoms with Crippen molar-refractivity contribution in [3.63, 3.8) is 0 Å². The number of carbonyl (C=O) groups is 2. The molecule has 1 amide bonds. The fourth-order valence-electron chi connectivity index (χ4n) is 4.25. The van der Waals surface area contributed by atoms with E-state index >= 15 is 0 Å². The number of benzene rings is 1. The minimum absolute atomic E-state index is 0.103. The summed E-state index contributed by atoms with van der Waals surface area (Å²) >= 11 is 0. The number of esters is 1. The summed E-state index contributed by atoms with van der Waals surface area (Å²) in [5, 5.41) is 9.40. The summed E-state index contributed by atoms with van der Waals surface area (Å²) in [5.41, 5.74) is 0.784. The van der Waals surface area contributed by atoms with Gasteiger partial charge in [-0.3, -0.25) is 14.2 Å². The van der Waals surface area contributed by atoms with E-state index in [-0.39, 0.29) is 18.5 Å². The second-order valence-electron chi connectivity index (χ2n) is 7.40. The van der Waals surface area contributed by atoms with E-state index in [0.717, 1.165) is 15.7 Å². The van der Waals surface area contributed by atoms with Crippen molar-refractivity contribution in [1.29, 1.82) is 5.26 Å². The highest BCUT2D eigenvalue weighted by Crippen LogP contribution is 2.24. The van der Waals surface area contributed by atoms with Crippen LogP contribution in [0.25, 0.3) is 0 Å². The van der Waals surface area contributed by atoms with Crippen molar-refractivity contribution in [1.82, 2.24) is 14.0 Å². The molecule has 30 heavy (non-hydrogen) atoms. The number of nitriles is 1. The van der Waals surface area contributed by atoms with Crippen LogP contribution in [0, 0.1) is 11.3 Å². The zero-order chi connectivity index (χ0) is 21.4. The highest BCUT2D eigenvalue weighted by molar-refractivity contribution is 5.85. The highest BCUT2D eigenvalue weighted by Gasteiger charge is 2.36. The molecule has 9 heteroatoms. The highest BCUT2D eigenvalue weighted by atomic mass is 16.5. The molecule has 0 aliphatic carbocycles. The van der Waals surface area contributed by atoms with Crippen LogP contribution in [0.3, 0.4) is 0 Å². The number of nitrogens with zero attached hydrogens (tertiary/aromatic N) is 4. The van der Waals surface area contributed by atoms with Gasteiger partial charge in [-0.05, 0) is 24.0 Å². The molecule has 2 aromatic rings. The van der Waals surface area contributed by atoms with Crippen LogP contribution in [-0.2, 0) is 46.8 Å². The summed E-state index contributed by atoms with van der Waals surface area (Å²) in [7, 11) is 1.25. The van der Waals surface area contributed by atoms with Gasteiger partial charge in [-0.15, -0.1) is 0 Å². The van der Waals surface area contributed by atoms with Crippen molar-refractivity contribution in [3.05, 3.63) is 67.5 Å². The third-order valence-corrected chi connectivity index (χ3v) is 5.78. The fourth-order valence-corrected chi connectivity index (χ4v) is 4.25. The third kappa shape index (κ3) is 3.10. The summed E-state index contributed by atoms with van der Waals surface area (Å²) in [4.78, 5) is 52.3. The predicted octanol–water partition coefficient (Wildman–Crippen LogP) is -0.0456. The number of rotatable bonds is 3. The van der Waals surface area contributed by atoms with E-state index in [9.17, 15) is 24.4 Å². The van der Waals surface area contributed by atoms with E-state index < -0.39 is 35.7 Å². The van der Waals surface area contributed by atoms with Crippen LogP contribution >= 0.6 is 0 Å². The summed E-state index contributed by atoms with van der Waals surface area (Å²) in [5.74, 6) is -1.12. The van der Waals surface area contributed by atoms with Crippen LogP contribution < -0.4 is 11.2 Å². The lowest BCUT2D eigenvalue weighted by Crippen LogP contribution is -2.52. The Hall–Kier alpha value is -3.67. The van der Waals surface area contributed by atoms with E-state index in [1.807, 2.05) is 30.3 Å². The van der Waals surface area contributed by atoms with Gasteiger partial charge in [0.15, 0.2) is 0 Å². The molecule has 1 atom stereocenters. The van der Waals surface area contributed by atoms with Gasteiger partial charge in [-0.2, -0.15) is 5.26 Å². The molecular weight excluding hydrogens is 388 g/mol. The molecule has 0 bridgehead atoms. The predicted molar refractivity (Wildman–Crippen MR) is 104 cm³/mol. The second kappa shape index (κ2) is 7.63. The molecule has 9 nitrogen and oxygen atoms in total. The lowest BCUT2D eigenvalue weighted by molar-refractivity contribution is -0.154. The molecule has 0 saturated heterocycles. The first kappa shape index (κ1) is 19.6. The fraction of sp³-hybridized carbons (Fsp3) is 0.381. The molecule has 0 unspecified atom stereocenters. The van der Waals surface area contributed by atoms with Crippen molar-refractivity contribution < 1.29 is 14.3 Å². The molecule has 0 fully saturated rings. The maximum Gasteiger partial charge on any atom is 0.331 e. The summed E-state index contributed by atoms with van der Waals surface area (Å²) in [6.07, 6.45) is 1.43. The Kier molecular flexibility index (Phi) is 4.99. The van der Waals surface area contributed by atoms with Gasteiger partial charge in [0.1, 0.15) is 24.2 Å². The maximum absolute atomic E-state index is 13.1. The maximum atomic E-state index is 13.1. The molecule has 3 heterocycles. The third-order valence-electron chi connectivity index (χ3n) is 5.78. The van der Waals surface area contributed by atoms with E-state index in [2.05, 4.69) is 0 Å². The van der Waals surface area contributed by atoms with Gasteiger partial charge >= 0.3 is 11.7 Å².